The molecule has 2 aromatic rings. The molecule has 0 spiro atoms. The first-order chi connectivity index (χ1) is 10.0. The van der Waals surface area contributed by atoms with Crippen molar-refractivity contribution in [3.05, 3.63) is 39.2 Å². The summed E-state index contributed by atoms with van der Waals surface area (Å²) in [6, 6.07) is 5.77. The summed E-state index contributed by atoms with van der Waals surface area (Å²) in [5.41, 5.74) is 1.72. The molecule has 112 valence electrons. The van der Waals surface area contributed by atoms with E-state index in [4.69, 9.17) is 16.3 Å². The van der Waals surface area contributed by atoms with Gasteiger partial charge in [0, 0.05) is 23.7 Å². The SMILES string of the molecule is CCCc1nc(Cl)c(C)c(Nc2ccc(Br)c(OC)c2)n1. The molecule has 0 unspecified atom stereocenters. The Morgan fingerprint density at radius 3 is 2.76 bits per heavy atom. The quantitative estimate of drug-likeness (QED) is 0.760. The van der Waals surface area contributed by atoms with Crippen LogP contribution in [0.5, 0.6) is 5.75 Å². The highest BCUT2D eigenvalue weighted by molar-refractivity contribution is 9.10. The average Bonchev–Trinajstić information content (AvgIpc) is 2.46. The first-order valence-electron chi connectivity index (χ1n) is 6.68. The fourth-order valence-electron chi connectivity index (χ4n) is 1.86. The van der Waals surface area contributed by atoms with Crippen LogP contribution in [-0.2, 0) is 6.42 Å². The Bertz CT molecular complexity index is 649. The monoisotopic (exact) mass is 369 g/mol. The molecular weight excluding hydrogens is 354 g/mol. The van der Waals surface area contributed by atoms with Crippen LogP contribution in [0.25, 0.3) is 0 Å². The Balaban J connectivity index is 2.34. The lowest BCUT2D eigenvalue weighted by molar-refractivity contribution is 0.412. The topological polar surface area (TPSA) is 47.0 Å². The molecule has 1 N–H and O–H groups in total. The molecule has 0 atom stereocenters. The number of ether oxygens (including phenoxy) is 1. The van der Waals surface area contributed by atoms with Crippen molar-refractivity contribution in [2.45, 2.75) is 26.7 Å². The summed E-state index contributed by atoms with van der Waals surface area (Å²) < 4.78 is 6.20. The Morgan fingerprint density at radius 1 is 1.33 bits per heavy atom. The zero-order valence-corrected chi connectivity index (χ0v) is 14.5. The lowest BCUT2D eigenvalue weighted by Gasteiger charge is -2.12. The maximum absolute atomic E-state index is 6.18. The third-order valence-electron chi connectivity index (χ3n) is 3.02. The highest BCUT2D eigenvalue weighted by Crippen LogP contribution is 2.30. The van der Waals surface area contributed by atoms with Gasteiger partial charge in [-0.05, 0) is 41.4 Å². The van der Waals surface area contributed by atoms with Crippen LogP contribution in [-0.4, -0.2) is 17.1 Å². The van der Waals surface area contributed by atoms with E-state index < -0.39 is 0 Å². The Kier molecular flexibility index (Phi) is 5.42. The van der Waals surface area contributed by atoms with E-state index in [1.54, 1.807) is 7.11 Å². The Labute approximate surface area is 138 Å². The average molecular weight is 371 g/mol. The van der Waals surface area contributed by atoms with E-state index in [0.717, 1.165) is 46.0 Å². The van der Waals surface area contributed by atoms with Crippen LogP contribution in [0.3, 0.4) is 0 Å². The fraction of sp³-hybridized carbons (Fsp3) is 0.333. The normalized spacial score (nSPS) is 10.5. The summed E-state index contributed by atoms with van der Waals surface area (Å²) in [5.74, 6) is 2.23. The van der Waals surface area contributed by atoms with Gasteiger partial charge in [0.05, 0.1) is 11.6 Å². The third kappa shape index (κ3) is 3.86. The maximum Gasteiger partial charge on any atom is 0.138 e. The van der Waals surface area contributed by atoms with E-state index >= 15 is 0 Å². The molecule has 0 bridgehead atoms. The molecule has 0 amide bonds. The van der Waals surface area contributed by atoms with Crippen LogP contribution in [0.4, 0.5) is 11.5 Å². The van der Waals surface area contributed by atoms with Crippen LogP contribution < -0.4 is 10.1 Å². The van der Waals surface area contributed by atoms with Crippen molar-refractivity contribution < 1.29 is 4.74 Å². The molecule has 1 aromatic heterocycles. The van der Waals surface area contributed by atoms with Crippen molar-refractivity contribution in [2.24, 2.45) is 0 Å². The number of anilines is 2. The number of aryl methyl sites for hydroxylation is 1. The van der Waals surface area contributed by atoms with Gasteiger partial charge in [-0.3, -0.25) is 0 Å². The van der Waals surface area contributed by atoms with E-state index in [1.165, 1.54) is 0 Å². The molecule has 0 aliphatic carbocycles. The van der Waals surface area contributed by atoms with Gasteiger partial charge in [-0.25, -0.2) is 9.97 Å². The van der Waals surface area contributed by atoms with Gasteiger partial charge in [-0.2, -0.15) is 0 Å². The van der Waals surface area contributed by atoms with Crippen molar-refractivity contribution in [1.82, 2.24) is 9.97 Å². The molecule has 1 aromatic carbocycles. The summed E-state index contributed by atoms with van der Waals surface area (Å²) >= 11 is 9.62. The zero-order valence-electron chi connectivity index (χ0n) is 12.2. The lowest BCUT2D eigenvalue weighted by atomic mass is 10.2. The molecule has 0 radical (unpaired) electrons. The molecule has 4 nitrogen and oxygen atoms in total. The second kappa shape index (κ2) is 7.09. The smallest absolute Gasteiger partial charge is 0.138 e. The van der Waals surface area contributed by atoms with Gasteiger partial charge in [-0.15, -0.1) is 0 Å². The second-order valence-corrected chi connectivity index (χ2v) is 5.84. The number of benzene rings is 1. The number of aromatic nitrogens is 2. The number of rotatable bonds is 5. The molecule has 1 heterocycles. The summed E-state index contributed by atoms with van der Waals surface area (Å²) in [6.45, 7) is 3.99. The first kappa shape index (κ1) is 16.0. The lowest BCUT2D eigenvalue weighted by Crippen LogP contribution is -2.04. The minimum Gasteiger partial charge on any atom is -0.495 e. The van der Waals surface area contributed by atoms with Crippen molar-refractivity contribution >= 4 is 39.0 Å². The summed E-state index contributed by atoms with van der Waals surface area (Å²) in [6.07, 6.45) is 1.78. The molecule has 2 rings (SSSR count). The largest absolute Gasteiger partial charge is 0.495 e. The third-order valence-corrected chi connectivity index (χ3v) is 4.04. The van der Waals surface area contributed by atoms with Gasteiger partial charge in [0.2, 0.25) is 0 Å². The van der Waals surface area contributed by atoms with E-state index in [-0.39, 0.29) is 0 Å². The minimum absolute atomic E-state index is 0.486. The van der Waals surface area contributed by atoms with Gasteiger partial charge in [-0.1, -0.05) is 18.5 Å². The number of methoxy groups -OCH3 is 1. The van der Waals surface area contributed by atoms with Crippen molar-refractivity contribution in [2.75, 3.05) is 12.4 Å². The number of nitrogens with zero attached hydrogens (tertiary/aromatic N) is 2. The molecule has 0 saturated carbocycles. The summed E-state index contributed by atoms with van der Waals surface area (Å²) in [5, 5.41) is 3.76. The van der Waals surface area contributed by atoms with E-state index in [9.17, 15) is 0 Å². The van der Waals surface area contributed by atoms with Gasteiger partial charge in [0.15, 0.2) is 0 Å². The van der Waals surface area contributed by atoms with Crippen molar-refractivity contribution in [3.8, 4) is 5.75 Å². The molecule has 0 saturated heterocycles. The predicted molar refractivity (Wildman–Crippen MR) is 89.8 cm³/mol. The molecule has 21 heavy (non-hydrogen) atoms. The highest BCUT2D eigenvalue weighted by Gasteiger charge is 2.10. The molecular formula is C15H17BrClN3O. The van der Waals surface area contributed by atoms with Crippen molar-refractivity contribution in [1.29, 1.82) is 0 Å². The standard InChI is InChI=1S/C15H17BrClN3O/c1-4-5-13-19-14(17)9(2)15(20-13)18-10-6-7-11(16)12(8-10)21-3/h6-8H,4-5H2,1-3H3,(H,18,19,20). The van der Waals surface area contributed by atoms with Crippen molar-refractivity contribution in [3.63, 3.8) is 0 Å². The van der Waals surface area contributed by atoms with Gasteiger partial charge in [0.1, 0.15) is 22.5 Å². The van der Waals surface area contributed by atoms with Crippen LogP contribution in [0, 0.1) is 6.92 Å². The number of hydrogen-bond acceptors (Lipinski definition) is 4. The van der Waals surface area contributed by atoms with Gasteiger partial charge in [0.25, 0.3) is 0 Å². The molecule has 6 heteroatoms. The molecule has 0 aliphatic heterocycles. The van der Waals surface area contributed by atoms with Crippen LogP contribution in [0.2, 0.25) is 5.15 Å². The minimum atomic E-state index is 0.486. The molecule has 0 fully saturated rings. The van der Waals surface area contributed by atoms with Crippen LogP contribution in [0.15, 0.2) is 22.7 Å². The highest BCUT2D eigenvalue weighted by atomic mass is 79.9. The number of hydrogen-bond donors (Lipinski definition) is 1. The zero-order chi connectivity index (χ0) is 15.4. The van der Waals surface area contributed by atoms with Crippen LogP contribution in [0.1, 0.15) is 24.7 Å². The first-order valence-corrected chi connectivity index (χ1v) is 7.85. The van der Waals surface area contributed by atoms with E-state index in [1.807, 2.05) is 25.1 Å². The predicted octanol–water partition coefficient (Wildman–Crippen LogP) is 4.91. The summed E-state index contributed by atoms with van der Waals surface area (Å²) in [7, 11) is 1.63. The maximum atomic E-state index is 6.18. The van der Waals surface area contributed by atoms with E-state index in [0.29, 0.717) is 5.15 Å². The molecule has 0 aliphatic rings. The Morgan fingerprint density at radius 2 is 2.10 bits per heavy atom. The Hall–Kier alpha value is -1.33. The summed E-state index contributed by atoms with van der Waals surface area (Å²) in [4.78, 5) is 8.83. The van der Waals surface area contributed by atoms with Gasteiger partial charge >= 0.3 is 0 Å². The van der Waals surface area contributed by atoms with E-state index in [2.05, 4.69) is 38.1 Å². The number of nitrogens with one attached hydrogen (secondary N) is 1. The second-order valence-electron chi connectivity index (χ2n) is 4.63. The van der Waals surface area contributed by atoms with Gasteiger partial charge < -0.3 is 10.1 Å². The fourth-order valence-corrected chi connectivity index (χ4v) is 2.46. The van der Waals surface area contributed by atoms with Crippen LogP contribution >= 0.6 is 27.5 Å². The number of halogens is 2.